The highest BCUT2D eigenvalue weighted by Crippen LogP contribution is 2.00. The molecule has 0 radical (unpaired) electrons. The van der Waals surface area contributed by atoms with Crippen molar-refractivity contribution < 1.29 is 14.7 Å². The van der Waals surface area contributed by atoms with Gasteiger partial charge in [0.2, 0.25) is 0 Å². The Morgan fingerprint density at radius 2 is 2.00 bits per heavy atom. The molecule has 0 aliphatic heterocycles. The summed E-state index contributed by atoms with van der Waals surface area (Å²) in [6.45, 7) is 1.54. The number of rotatable bonds is 10. The fraction of sp³-hybridized carbons (Fsp3) is 0.833. The summed E-state index contributed by atoms with van der Waals surface area (Å²) in [6, 6.07) is -1.22. The molecule has 0 saturated carbocycles. The summed E-state index contributed by atoms with van der Waals surface area (Å²) in [5, 5.41) is 14.1. The van der Waals surface area contributed by atoms with Crippen LogP contribution in [-0.2, 0) is 4.79 Å². The number of carboxylic acid groups (broad SMARTS) is 1. The van der Waals surface area contributed by atoms with Gasteiger partial charge in [-0.15, -0.1) is 0 Å². The lowest BCUT2D eigenvalue weighted by atomic mass is 10.2. The normalized spacial score (nSPS) is 12.2. The lowest BCUT2D eigenvalue weighted by molar-refractivity contribution is -0.139. The molecule has 1 atom stereocenters. The second-order valence-electron chi connectivity index (χ2n) is 4.58. The fourth-order valence-corrected chi connectivity index (χ4v) is 1.93. The summed E-state index contributed by atoms with van der Waals surface area (Å²) in [5.41, 5.74) is 0. The number of urea groups is 1. The van der Waals surface area contributed by atoms with Gasteiger partial charge in [-0.2, -0.15) is 11.8 Å². The Bertz CT molecular complexity index is 275. The van der Waals surface area contributed by atoms with Gasteiger partial charge in [0, 0.05) is 6.54 Å². The van der Waals surface area contributed by atoms with Gasteiger partial charge in [0.05, 0.1) is 0 Å². The number of hydrogen-bond donors (Lipinski definition) is 3. The molecule has 19 heavy (non-hydrogen) atoms. The van der Waals surface area contributed by atoms with E-state index in [1.165, 1.54) is 0 Å². The average molecular weight is 291 g/mol. The van der Waals surface area contributed by atoms with Crippen molar-refractivity contribution in [3.63, 3.8) is 0 Å². The van der Waals surface area contributed by atoms with Crippen LogP contribution in [0.2, 0.25) is 0 Å². The number of hydrogen-bond acceptors (Lipinski definition) is 4. The van der Waals surface area contributed by atoms with Gasteiger partial charge in [-0.1, -0.05) is 0 Å². The minimum atomic E-state index is -0.989. The number of amides is 2. The van der Waals surface area contributed by atoms with E-state index in [-0.39, 0.29) is 0 Å². The predicted octanol–water partition coefficient (Wildman–Crippen LogP) is 0.834. The zero-order chi connectivity index (χ0) is 14.7. The van der Waals surface area contributed by atoms with Gasteiger partial charge < -0.3 is 20.6 Å². The molecule has 6 nitrogen and oxygen atoms in total. The van der Waals surface area contributed by atoms with Crippen LogP contribution >= 0.6 is 11.8 Å². The van der Waals surface area contributed by atoms with Crippen LogP contribution < -0.4 is 10.6 Å². The van der Waals surface area contributed by atoms with Crippen molar-refractivity contribution >= 4 is 23.8 Å². The second-order valence-corrected chi connectivity index (χ2v) is 5.57. The number of unbranched alkanes of at least 4 members (excludes halogenated alkanes) is 1. The van der Waals surface area contributed by atoms with Crippen LogP contribution in [0.1, 0.15) is 19.3 Å². The number of nitrogens with one attached hydrogen (secondary N) is 2. The number of carbonyl (C=O) groups is 2. The first kappa shape index (κ1) is 18.0. The van der Waals surface area contributed by atoms with E-state index >= 15 is 0 Å². The molecule has 0 saturated heterocycles. The largest absolute Gasteiger partial charge is 0.480 e. The molecular weight excluding hydrogens is 266 g/mol. The molecule has 0 bridgehead atoms. The van der Waals surface area contributed by atoms with Gasteiger partial charge in [-0.05, 0) is 51.9 Å². The third kappa shape index (κ3) is 10.6. The number of carbonyl (C=O) groups excluding carboxylic acids is 1. The average Bonchev–Trinajstić information content (AvgIpc) is 2.33. The third-order valence-electron chi connectivity index (χ3n) is 2.53. The summed E-state index contributed by atoms with van der Waals surface area (Å²) >= 11 is 1.56. The summed E-state index contributed by atoms with van der Waals surface area (Å²) in [5.74, 6) is -0.281. The minimum Gasteiger partial charge on any atom is -0.480 e. The van der Waals surface area contributed by atoms with Crippen LogP contribution in [0.25, 0.3) is 0 Å². The van der Waals surface area contributed by atoms with Crippen LogP contribution in [0.5, 0.6) is 0 Å². The molecule has 0 spiro atoms. The molecule has 0 fully saturated rings. The first-order valence-corrected chi connectivity index (χ1v) is 7.77. The zero-order valence-corrected chi connectivity index (χ0v) is 12.8. The standard InChI is InChI=1S/C12H25N3O3S/c1-15(2)8-5-4-7-13-12(18)14-10(11(16)17)6-9-19-3/h10H,4-9H2,1-3H3,(H,16,17)(H2,13,14,18). The fourth-order valence-electron chi connectivity index (χ4n) is 1.46. The minimum absolute atomic E-state index is 0.404. The Kier molecular flexibility index (Phi) is 10.4. The maximum Gasteiger partial charge on any atom is 0.326 e. The lowest BCUT2D eigenvalue weighted by Gasteiger charge is -2.15. The van der Waals surface area contributed by atoms with Crippen molar-refractivity contribution in [2.45, 2.75) is 25.3 Å². The van der Waals surface area contributed by atoms with Crippen molar-refractivity contribution in [3.05, 3.63) is 0 Å². The van der Waals surface area contributed by atoms with Crippen LogP contribution in [0, 0.1) is 0 Å². The highest BCUT2D eigenvalue weighted by atomic mass is 32.2. The van der Waals surface area contributed by atoms with E-state index in [2.05, 4.69) is 15.5 Å². The van der Waals surface area contributed by atoms with E-state index < -0.39 is 18.0 Å². The second kappa shape index (κ2) is 10.9. The van der Waals surface area contributed by atoms with Crippen LogP contribution in [0.3, 0.4) is 0 Å². The number of nitrogens with zero attached hydrogens (tertiary/aromatic N) is 1. The highest BCUT2D eigenvalue weighted by Gasteiger charge is 2.18. The Morgan fingerprint density at radius 3 is 2.53 bits per heavy atom. The van der Waals surface area contributed by atoms with E-state index in [4.69, 9.17) is 5.11 Å². The first-order chi connectivity index (χ1) is 8.97. The molecule has 112 valence electrons. The topological polar surface area (TPSA) is 81.7 Å². The van der Waals surface area contributed by atoms with Gasteiger partial charge in [-0.3, -0.25) is 0 Å². The van der Waals surface area contributed by atoms with E-state index in [0.717, 1.165) is 19.4 Å². The van der Waals surface area contributed by atoms with Crippen LogP contribution in [0.15, 0.2) is 0 Å². The Balaban J connectivity index is 3.77. The van der Waals surface area contributed by atoms with Crippen molar-refractivity contribution in [3.8, 4) is 0 Å². The van der Waals surface area contributed by atoms with Gasteiger partial charge in [0.1, 0.15) is 6.04 Å². The number of thioether (sulfide) groups is 1. The van der Waals surface area contributed by atoms with Gasteiger partial charge in [0.15, 0.2) is 0 Å². The van der Waals surface area contributed by atoms with E-state index in [0.29, 0.717) is 18.7 Å². The van der Waals surface area contributed by atoms with Crippen LogP contribution in [0.4, 0.5) is 4.79 Å². The molecule has 0 aliphatic rings. The van der Waals surface area contributed by atoms with Gasteiger partial charge >= 0.3 is 12.0 Å². The Hall–Kier alpha value is -0.950. The van der Waals surface area contributed by atoms with Crippen molar-refractivity contribution in [2.75, 3.05) is 39.2 Å². The van der Waals surface area contributed by atoms with Gasteiger partial charge in [-0.25, -0.2) is 9.59 Å². The summed E-state index contributed by atoms with van der Waals surface area (Å²) in [6.07, 6.45) is 4.23. The molecule has 0 aromatic carbocycles. The lowest BCUT2D eigenvalue weighted by Crippen LogP contribution is -2.46. The molecule has 3 N–H and O–H groups in total. The summed E-state index contributed by atoms with van der Waals surface area (Å²) in [7, 11) is 4.01. The highest BCUT2D eigenvalue weighted by molar-refractivity contribution is 7.98. The molecule has 0 heterocycles. The monoisotopic (exact) mass is 291 g/mol. The third-order valence-corrected chi connectivity index (χ3v) is 3.18. The zero-order valence-electron chi connectivity index (χ0n) is 11.9. The predicted molar refractivity (Wildman–Crippen MR) is 78.7 cm³/mol. The summed E-state index contributed by atoms with van der Waals surface area (Å²) < 4.78 is 0. The molecule has 0 aromatic heterocycles. The Labute approximate surface area is 119 Å². The van der Waals surface area contributed by atoms with Crippen molar-refractivity contribution in [1.29, 1.82) is 0 Å². The van der Waals surface area contributed by atoms with E-state index in [1.54, 1.807) is 11.8 Å². The first-order valence-electron chi connectivity index (χ1n) is 6.38. The van der Waals surface area contributed by atoms with Crippen molar-refractivity contribution in [1.82, 2.24) is 15.5 Å². The molecular formula is C12H25N3O3S. The van der Waals surface area contributed by atoms with E-state index in [1.807, 2.05) is 20.4 Å². The van der Waals surface area contributed by atoms with E-state index in [9.17, 15) is 9.59 Å². The molecule has 2 amide bonds. The van der Waals surface area contributed by atoms with Crippen LogP contribution in [-0.4, -0.2) is 67.2 Å². The van der Waals surface area contributed by atoms with Crippen molar-refractivity contribution in [2.24, 2.45) is 0 Å². The van der Waals surface area contributed by atoms with Gasteiger partial charge in [0.25, 0.3) is 0 Å². The maximum atomic E-state index is 11.5. The SMILES string of the molecule is CSCCC(NC(=O)NCCCCN(C)C)C(=O)O. The Morgan fingerprint density at radius 1 is 1.32 bits per heavy atom. The number of carboxylic acids is 1. The molecule has 0 rings (SSSR count). The maximum absolute atomic E-state index is 11.5. The molecule has 0 aliphatic carbocycles. The molecule has 7 heteroatoms. The number of aliphatic carboxylic acids is 1. The quantitative estimate of drug-likeness (QED) is 0.520. The molecule has 1 unspecified atom stereocenters. The smallest absolute Gasteiger partial charge is 0.326 e. The molecule has 0 aromatic rings. The summed E-state index contributed by atoms with van der Waals surface area (Å²) in [4.78, 5) is 24.5.